The van der Waals surface area contributed by atoms with Gasteiger partial charge in [-0.1, -0.05) is 30.3 Å². The van der Waals surface area contributed by atoms with Gasteiger partial charge >= 0.3 is 0 Å². The second kappa shape index (κ2) is 3.58. The zero-order valence-electron chi connectivity index (χ0n) is 9.41. The highest BCUT2D eigenvalue weighted by Gasteiger charge is 2.35. The molecular weight excluding hydrogens is 196 g/mol. The van der Waals surface area contributed by atoms with Gasteiger partial charge in [0.15, 0.2) is 5.78 Å². The molecule has 0 N–H and O–H groups in total. The number of ketones is 1. The van der Waals surface area contributed by atoms with Gasteiger partial charge in [0, 0.05) is 11.8 Å². The number of allylic oxidation sites excluding steroid dienone is 2. The van der Waals surface area contributed by atoms with E-state index in [0.29, 0.717) is 6.42 Å². The van der Waals surface area contributed by atoms with Crippen molar-refractivity contribution in [1.29, 1.82) is 0 Å². The molecule has 0 saturated carbocycles. The summed E-state index contributed by atoms with van der Waals surface area (Å²) < 4.78 is 0. The quantitative estimate of drug-likeness (QED) is 0.645. The van der Waals surface area contributed by atoms with Crippen LogP contribution >= 0.6 is 0 Å². The van der Waals surface area contributed by atoms with Crippen LogP contribution in [0.2, 0.25) is 0 Å². The van der Waals surface area contributed by atoms with Gasteiger partial charge in [0.2, 0.25) is 0 Å². The van der Waals surface area contributed by atoms with E-state index in [-0.39, 0.29) is 11.2 Å². The summed E-state index contributed by atoms with van der Waals surface area (Å²) in [6, 6.07) is 8.72. The molecule has 1 aromatic rings. The summed E-state index contributed by atoms with van der Waals surface area (Å²) in [5, 5.41) is 0. The lowest BCUT2D eigenvalue weighted by atomic mass is 9.65. The molecule has 0 amide bonds. The Kier molecular flexibility index (Phi) is 2.20. The summed E-state index contributed by atoms with van der Waals surface area (Å²) in [5.41, 5.74) is 3.11. The Morgan fingerprint density at radius 1 is 1.06 bits per heavy atom. The maximum absolute atomic E-state index is 11.3. The minimum Gasteiger partial charge on any atom is -0.295 e. The number of hydrogen-bond donors (Lipinski definition) is 0. The van der Waals surface area contributed by atoms with Crippen LogP contribution in [0.15, 0.2) is 36.4 Å². The van der Waals surface area contributed by atoms with Crippen molar-refractivity contribution in [3.8, 4) is 0 Å². The molecule has 82 valence electrons. The molecule has 1 heteroatoms. The fourth-order valence-electron chi connectivity index (χ4n) is 3.15. The predicted octanol–water partition coefficient (Wildman–Crippen LogP) is 3.18. The van der Waals surface area contributed by atoms with E-state index in [1.807, 2.05) is 0 Å². The van der Waals surface area contributed by atoms with Gasteiger partial charge in [-0.05, 0) is 42.9 Å². The number of fused-ring (bicyclic) bond motifs is 2. The number of rotatable bonds is 0. The molecule has 0 bridgehead atoms. The maximum Gasteiger partial charge on any atom is 0.155 e. The van der Waals surface area contributed by atoms with E-state index in [2.05, 4.69) is 30.3 Å². The van der Waals surface area contributed by atoms with Crippen LogP contribution in [0, 0.1) is 0 Å². The van der Waals surface area contributed by atoms with Gasteiger partial charge in [-0.2, -0.15) is 0 Å². The molecule has 1 nitrogen and oxygen atoms in total. The van der Waals surface area contributed by atoms with Crippen LogP contribution in [0.1, 0.15) is 36.8 Å². The summed E-state index contributed by atoms with van der Waals surface area (Å²) in [5.74, 6) is 0.286. The van der Waals surface area contributed by atoms with Crippen molar-refractivity contribution in [3.63, 3.8) is 0 Å². The van der Waals surface area contributed by atoms with Crippen molar-refractivity contribution in [2.45, 2.75) is 37.5 Å². The second-order valence-corrected chi connectivity index (χ2v) is 4.97. The third-order valence-corrected chi connectivity index (χ3v) is 4.03. The van der Waals surface area contributed by atoms with Gasteiger partial charge in [0.1, 0.15) is 0 Å². The van der Waals surface area contributed by atoms with Gasteiger partial charge in [0.05, 0.1) is 0 Å². The number of carbonyl (C=O) groups is 1. The summed E-state index contributed by atoms with van der Waals surface area (Å²) >= 11 is 0. The predicted molar refractivity (Wildman–Crippen MR) is 64.4 cm³/mol. The third-order valence-electron chi connectivity index (χ3n) is 4.03. The third kappa shape index (κ3) is 1.42. The Hall–Kier alpha value is -1.37. The van der Waals surface area contributed by atoms with Gasteiger partial charge < -0.3 is 0 Å². The molecule has 0 heterocycles. The molecule has 1 atom stereocenters. The average molecular weight is 212 g/mol. The summed E-state index contributed by atoms with van der Waals surface area (Å²) in [6.45, 7) is 0. The lowest BCUT2D eigenvalue weighted by Crippen LogP contribution is -2.31. The molecule has 0 aliphatic heterocycles. The number of aryl methyl sites for hydroxylation is 1. The molecule has 1 aromatic carbocycles. The van der Waals surface area contributed by atoms with Gasteiger partial charge in [0.25, 0.3) is 0 Å². The minimum absolute atomic E-state index is 0.169. The first-order valence-corrected chi connectivity index (χ1v) is 6.11. The molecule has 16 heavy (non-hydrogen) atoms. The van der Waals surface area contributed by atoms with Crippen LogP contribution in [-0.4, -0.2) is 5.78 Å². The summed E-state index contributed by atoms with van der Waals surface area (Å²) in [7, 11) is 0. The van der Waals surface area contributed by atoms with Gasteiger partial charge in [-0.25, -0.2) is 0 Å². The number of hydrogen-bond acceptors (Lipinski definition) is 1. The van der Waals surface area contributed by atoms with E-state index in [4.69, 9.17) is 0 Å². The zero-order chi connectivity index (χ0) is 11.0. The Morgan fingerprint density at radius 3 is 2.75 bits per heavy atom. The first kappa shape index (κ1) is 9.83. The highest BCUT2D eigenvalue weighted by molar-refractivity contribution is 5.91. The van der Waals surface area contributed by atoms with Crippen LogP contribution in [0.25, 0.3) is 0 Å². The van der Waals surface area contributed by atoms with Crippen LogP contribution in [0.5, 0.6) is 0 Å². The van der Waals surface area contributed by atoms with E-state index in [0.717, 1.165) is 6.42 Å². The SMILES string of the molecule is O=C1C=C[C@]2(CCCc3ccccc32)CC1. The monoisotopic (exact) mass is 212 g/mol. The lowest BCUT2D eigenvalue weighted by Gasteiger charge is -2.38. The molecule has 0 saturated heterocycles. The Bertz CT molecular complexity index is 458. The normalized spacial score (nSPS) is 28.1. The fraction of sp³-hybridized carbons (Fsp3) is 0.400. The Labute approximate surface area is 96.2 Å². The second-order valence-electron chi connectivity index (χ2n) is 4.97. The van der Waals surface area contributed by atoms with Crippen LogP contribution in [0.4, 0.5) is 0 Å². The molecule has 1 spiro atoms. The van der Waals surface area contributed by atoms with Crippen LogP contribution in [0.3, 0.4) is 0 Å². The van der Waals surface area contributed by atoms with Crippen molar-refractivity contribution >= 4 is 5.78 Å². The van der Waals surface area contributed by atoms with Crippen LogP contribution in [-0.2, 0) is 16.6 Å². The molecule has 3 rings (SSSR count). The molecule has 0 unspecified atom stereocenters. The van der Waals surface area contributed by atoms with Crippen molar-refractivity contribution in [2.75, 3.05) is 0 Å². The highest BCUT2D eigenvalue weighted by atomic mass is 16.1. The average Bonchev–Trinajstić information content (AvgIpc) is 2.34. The highest BCUT2D eigenvalue weighted by Crippen LogP contribution is 2.43. The van der Waals surface area contributed by atoms with Crippen molar-refractivity contribution in [2.24, 2.45) is 0 Å². The Morgan fingerprint density at radius 2 is 1.94 bits per heavy atom. The van der Waals surface area contributed by atoms with E-state index in [1.165, 1.54) is 30.4 Å². The van der Waals surface area contributed by atoms with Crippen molar-refractivity contribution < 1.29 is 4.79 Å². The van der Waals surface area contributed by atoms with E-state index in [9.17, 15) is 4.79 Å². The fourth-order valence-corrected chi connectivity index (χ4v) is 3.15. The zero-order valence-corrected chi connectivity index (χ0v) is 9.41. The molecule has 0 fully saturated rings. The number of benzene rings is 1. The number of carbonyl (C=O) groups excluding carboxylic acids is 1. The molecular formula is C15H16O. The topological polar surface area (TPSA) is 17.1 Å². The summed E-state index contributed by atoms with van der Waals surface area (Å²) in [6.07, 6.45) is 9.32. The van der Waals surface area contributed by atoms with Crippen LogP contribution < -0.4 is 0 Å². The molecule has 0 aromatic heterocycles. The Balaban J connectivity index is 2.10. The summed E-state index contributed by atoms with van der Waals surface area (Å²) in [4.78, 5) is 11.3. The minimum atomic E-state index is 0.169. The van der Waals surface area contributed by atoms with E-state index >= 15 is 0 Å². The molecule has 2 aliphatic rings. The molecule has 2 aliphatic carbocycles. The van der Waals surface area contributed by atoms with Gasteiger partial charge in [-0.15, -0.1) is 0 Å². The van der Waals surface area contributed by atoms with Crippen molar-refractivity contribution in [1.82, 2.24) is 0 Å². The maximum atomic E-state index is 11.3. The first-order chi connectivity index (χ1) is 7.80. The van der Waals surface area contributed by atoms with E-state index < -0.39 is 0 Å². The van der Waals surface area contributed by atoms with E-state index in [1.54, 1.807) is 6.08 Å². The smallest absolute Gasteiger partial charge is 0.155 e. The lowest BCUT2D eigenvalue weighted by molar-refractivity contribution is -0.115. The van der Waals surface area contributed by atoms with Crippen molar-refractivity contribution in [3.05, 3.63) is 47.5 Å². The standard InChI is InChI=1S/C15H16O/c16-13-7-10-15(11-8-13)9-3-5-12-4-1-2-6-14(12)15/h1-2,4,6-7,10H,3,5,8-9,11H2/t15-/m1/s1. The first-order valence-electron chi connectivity index (χ1n) is 6.11. The molecule has 0 radical (unpaired) electrons. The largest absolute Gasteiger partial charge is 0.295 e. The van der Waals surface area contributed by atoms with Gasteiger partial charge in [-0.3, -0.25) is 4.79 Å².